The number of aromatic nitrogens is 1. The van der Waals surface area contributed by atoms with Crippen LogP contribution >= 0.6 is 22.7 Å². The highest BCUT2D eigenvalue weighted by molar-refractivity contribution is 7.20. The van der Waals surface area contributed by atoms with Crippen LogP contribution in [0.1, 0.15) is 16.1 Å². The number of anilines is 1. The maximum Gasteiger partial charge on any atom is 0.416 e. The Labute approximate surface area is 137 Å². The van der Waals surface area contributed by atoms with Crippen LogP contribution in [0.2, 0.25) is 0 Å². The van der Waals surface area contributed by atoms with Crippen molar-refractivity contribution in [1.82, 2.24) is 4.98 Å². The molecule has 0 unspecified atom stereocenters. The lowest BCUT2D eigenvalue weighted by Gasteiger charge is -2.09. The molecule has 0 fully saturated rings. The van der Waals surface area contributed by atoms with Gasteiger partial charge in [0.25, 0.3) is 5.91 Å². The molecule has 0 spiro atoms. The Morgan fingerprint density at radius 1 is 1.13 bits per heavy atom. The highest BCUT2D eigenvalue weighted by Gasteiger charge is 2.30. The van der Waals surface area contributed by atoms with Gasteiger partial charge in [0.15, 0.2) is 0 Å². The summed E-state index contributed by atoms with van der Waals surface area (Å²) in [6, 6.07) is 8.26. The van der Waals surface area contributed by atoms with Gasteiger partial charge in [-0.2, -0.15) is 13.2 Å². The highest BCUT2D eigenvalue weighted by atomic mass is 32.1. The molecular formula is C15H9F3N2OS2. The lowest BCUT2D eigenvalue weighted by Crippen LogP contribution is -2.13. The molecule has 0 bridgehead atoms. The number of carbonyl (C=O) groups is 1. The Bertz CT molecular complexity index is 825. The van der Waals surface area contributed by atoms with Gasteiger partial charge >= 0.3 is 6.18 Å². The Hall–Kier alpha value is -2.19. The molecule has 3 nitrogen and oxygen atoms in total. The van der Waals surface area contributed by atoms with E-state index in [-0.39, 0.29) is 11.4 Å². The number of amides is 1. The monoisotopic (exact) mass is 354 g/mol. The number of hydrogen-bond donors (Lipinski definition) is 1. The number of thiophene rings is 1. The highest BCUT2D eigenvalue weighted by Crippen LogP contribution is 2.31. The molecule has 3 aromatic rings. The lowest BCUT2D eigenvalue weighted by atomic mass is 10.2. The fourth-order valence-electron chi connectivity index (χ4n) is 1.86. The molecule has 0 aliphatic carbocycles. The predicted molar refractivity (Wildman–Crippen MR) is 84.8 cm³/mol. The van der Waals surface area contributed by atoms with Crippen molar-refractivity contribution in [1.29, 1.82) is 0 Å². The standard InChI is InChI=1S/C15H9F3N2OS2/c16-15(17,18)9-3-1-4-10(7-9)19-13(21)11-8-23-14(20-11)12-5-2-6-22-12/h1-8H,(H,19,21). The summed E-state index contributed by atoms with van der Waals surface area (Å²) in [4.78, 5) is 17.3. The van der Waals surface area contributed by atoms with Gasteiger partial charge in [-0.05, 0) is 29.6 Å². The molecule has 2 aromatic heterocycles. The Balaban J connectivity index is 1.77. The number of carbonyl (C=O) groups excluding carboxylic acids is 1. The van der Waals surface area contributed by atoms with Gasteiger partial charge in [0.05, 0.1) is 10.4 Å². The average Bonchev–Trinajstić information content (AvgIpc) is 3.18. The van der Waals surface area contributed by atoms with E-state index in [0.29, 0.717) is 5.01 Å². The molecule has 1 N–H and O–H groups in total. The molecular weight excluding hydrogens is 345 g/mol. The third kappa shape index (κ3) is 3.59. The summed E-state index contributed by atoms with van der Waals surface area (Å²) in [6.45, 7) is 0. The molecule has 0 atom stereocenters. The number of nitrogens with one attached hydrogen (secondary N) is 1. The summed E-state index contributed by atoms with van der Waals surface area (Å²) < 4.78 is 38.0. The van der Waals surface area contributed by atoms with Crippen LogP contribution in [0.3, 0.4) is 0 Å². The molecule has 0 radical (unpaired) electrons. The molecule has 0 saturated heterocycles. The number of benzene rings is 1. The first-order valence-electron chi connectivity index (χ1n) is 6.41. The SMILES string of the molecule is O=C(Nc1cccc(C(F)(F)F)c1)c1csc(-c2cccs2)n1. The molecule has 118 valence electrons. The van der Waals surface area contributed by atoms with Crippen molar-refractivity contribution >= 4 is 34.3 Å². The van der Waals surface area contributed by atoms with Crippen molar-refractivity contribution in [3.05, 3.63) is 58.4 Å². The van der Waals surface area contributed by atoms with E-state index in [1.807, 2.05) is 17.5 Å². The normalized spacial score (nSPS) is 11.4. The van der Waals surface area contributed by atoms with Gasteiger partial charge in [0, 0.05) is 11.1 Å². The third-order valence-corrected chi connectivity index (χ3v) is 4.80. The van der Waals surface area contributed by atoms with Crippen LogP contribution in [0.25, 0.3) is 9.88 Å². The summed E-state index contributed by atoms with van der Waals surface area (Å²) in [5, 5.41) is 6.62. The molecule has 3 rings (SSSR count). The van der Waals surface area contributed by atoms with Crippen molar-refractivity contribution in [2.75, 3.05) is 5.32 Å². The van der Waals surface area contributed by atoms with E-state index in [1.54, 1.807) is 5.38 Å². The summed E-state index contributed by atoms with van der Waals surface area (Å²) in [6.07, 6.45) is -4.45. The summed E-state index contributed by atoms with van der Waals surface area (Å²) >= 11 is 2.81. The van der Waals surface area contributed by atoms with Gasteiger partial charge in [-0.3, -0.25) is 4.79 Å². The molecule has 0 saturated carbocycles. The molecule has 1 aromatic carbocycles. The minimum atomic E-state index is -4.45. The Morgan fingerprint density at radius 3 is 2.65 bits per heavy atom. The van der Waals surface area contributed by atoms with Gasteiger partial charge in [-0.25, -0.2) is 4.98 Å². The first kappa shape index (κ1) is 15.7. The van der Waals surface area contributed by atoms with Crippen LogP contribution in [0.15, 0.2) is 47.2 Å². The van der Waals surface area contributed by atoms with E-state index in [1.165, 1.54) is 34.8 Å². The van der Waals surface area contributed by atoms with Gasteiger partial charge in [0.2, 0.25) is 0 Å². The second kappa shape index (κ2) is 6.13. The van der Waals surface area contributed by atoms with Crippen molar-refractivity contribution in [3.8, 4) is 9.88 Å². The number of hydrogen-bond acceptors (Lipinski definition) is 4. The maximum atomic E-state index is 12.7. The van der Waals surface area contributed by atoms with E-state index >= 15 is 0 Å². The van der Waals surface area contributed by atoms with E-state index < -0.39 is 17.6 Å². The van der Waals surface area contributed by atoms with E-state index in [9.17, 15) is 18.0 Å². The number of alkyl halides is 3. The fraction of sp³-hybridized carbons (Fsp3) is 0.0667. The topological polar surface area (TPSA) is 42.0 Å². The first-order valence-corrected chi connectivity index (χ1v) is 8.17. The minimum absolute atomic E-state index is 0.0792. The maximum absolute atomic E-state index is 12.7. The summed E-state index contributed by atoms with van der Waals surface area (Å²) in [7, 11) is 0. The van der Waals surface area contributed by atoms with E-state index in [4.69, 9.17) is 0 Å². The van der Waals surface area contributed by atoms with Crippen LogP contribution in [0.5, 0.6) is 0 Å². The Kier molecular flexibility index (Phi) is 4.18. The van der Waals surface area contributed by atoms with Crippen LogP contribution in [0.4, 0.5) is 18.9 Å². The van der Waals surface area contributed by atoms with Crippen molar-refractivity contribution in [2.45, 2.75) is 6.18 Å². The van der Waals surface area contributed by atoms with Crippen molar-refractivity contribution in [3.63, 3.8) is 0 Å². The van der Waals surface area contributed by atoms with Crippen molar-refractivity contribution < 1.29 is 18.0 Å². The molecule has 1 amide bonds. The first-order chi connectivity index (χ1) is 10.9. The number of thiazole rings is 1. The van der Waals surface area contributed by atoms with Crippen LogP contribution in [-0.4, -0.2) is 10.9 Å². The van der Waals surface area contributed by atoms with Gasteiger partial charge in [-0.15, -0.1) is 22.7 Å². The third-order valence-electron chi connectivity index (χ3n) is 2.92. The van der Waals surface area contributed by atoms with Gasteiger partial charge in [0.1, 0.15) is 10.7 Å². The smallest absolute Gasteiger partial charge is 0.321 e. The molecule has 0 aliphatic rings. The largest absolute Gasteiger partial charge is 0.416 e. The molecule has 0 aliphatic heterocycles. The van der Waals surface area contributed by atoms with Crippen LogP contribution in [-0.2, 0) is 6.18 Å². The summed E-state index contributed by atoms with van der Waals surface area (Å²) in [5.74, 6) is -0.539. The lowest BCUT2D eigenvalue weighted by molar-refractivity contribution is -0.137. The van der Waals surface area contributed by atoms with Gasteiger partial charge in [-0.1, -0.05) is 12.1 Å². The average molecular weight is 354 g/mol. The second-order valence-corrected chi connectivity index (χ2v) is 6.35. The zero-order valence-electron chi connectivity index (χ0n) is 11.4. The minimum Gasteiger partial charge on any atom is -0.321 e. The van der Waals surface area contributed by atoms with Crippen LogP contribution < -0.4 is 5.32 Å². The number of halogens is 3. The zero-order chi connectivity index (χ0) is 16.4. The zero-order valence-corrected chi connectivity index (χ0v) is 13.1. The molecule has 2 heterocycles. The second-order valence-electron chi connectivity index (χ2n) is 4.55. The quantitative estimate of drug-likeness (QED) is 0.707. The predicted octanol–water partition coefficient (Wildman–Crippen LogP) is 5.14. The van der Waals surface area contributed by atoms with E-state index in [2.05, 4.69) is 10.3 Å². The summed E-state index contributed by atoms with van der Waals surface area (Å²) in [5.41, 5.74) is -0.556. The molecule has 23 heavy (non-hydrogen) atoms. The Morgan fingerprint density at radius 2 is 1.96 bits per heavy atom. The van der Waals surface area contributed by atoms with Crippen molar-refractivity contribution in [2.24, 2.45) is 0 Å². The van der Waals surface area contributed by atoms with E-state index in [0.717, 1.165) is 17.0 Å². The van der Waals surface area contributed by atoms with Crippen LogP contribution in [0, 0.1) is 0 Å². The number of nitrogens with zero attached hydrogens (tertiary/aromatic N) is 1. The number of rotatable bonds is 3. The molecule has 8 heteroatoms. The van der Waals surface area contributed by atoms with Gasteiger partial charge < -0.3 is 5.32 Å². The fourth-order valence-corrected chi connectivity index (χ4v) is 3.47.